The van der Waals surface area contributed by atoms with Gasteiger partial charge in [-0.05, 0) is 6.92 Å². The molecule has 0 fully saturated rings. The number of hydrogen-bond donors (Lipinski definition) is 1. The molecule has 0 amide bonds. The van der Waals surface area contributed by atoms with Gasteiger partial charge in [0.15, 0.2) is 5.16 Å². The molecule has 1 rings (SSSR count). The first-order chi connectivity index (χ1) is 5.33. The van der Waals surface area contributed by atoms with Crippen LogP contribution in [0.2, 0.25) is 0 Å². The van der Waals surface area contributed by atoms with Crippen LogP contribution in [0.1, 0.15) is 6.92 Å². The molecule has 1 unspecified atom stereocenters. The molecule has 0 saturated heterocycles. The van der Waals surface area contributed by atoms with Gasteiger partial charge in [0.25, 0.3) is 0 Å². The van der Waals surface area contributed by atoms with Gasteiger partial charge in [0.2, 0.25) is 0 Å². The van der Waals surface area contributed by atoms with Crippen molar-refractivity contribution in [1.82, 2.24) is 9.97 Å². The fourth-order valence-corrected chi connectivity index (χ4v) is 1.34. The fourth-order valence-electron chi connectivity index (χ4n) is 0.571. The first-order valence-electron chi connectivity index (χ1n) is 3.34. The minimum atomic E-state index is 0.0881. The number of nitriles is 1. The fraction of sp³-hybridized carbons (Fsp3) is 0.429. The Hall–Kier alpha value is -0.950. The Morgan fingerprint density at radius 2 is 2.73 bits per heavy atom. The second kappa shape index (κ2) is 4.04. The summed E-state index contributed by atoms with van der Waals surface area (Å²) in [6, 6.07) is 2.16. The highest BCUT2D eigenvalue weighted by Gasteiger charge is 2.01. The third-order valence-corrected chi connectivity index (χ3v) is 2.33. The Balaban J connectivity index is 2.30. The largest absolute Gasteiger partial charge is 0.340 e. The number of aromatic nitrogens is 2. The summed E-state index contributed by atoms with van der Waals surface area (Å²) in [5.74, 6) is 0.884. The Morgan fingerprint density at radius 3 is 3.27 bits per heavy atom. The third-order valence-electron chi connectivity index (χ3n) is 1.16. The van der Waals surface area contributed by atoms with Crippen molar-refractivity contribution in [3.8, 4) is 6.07 Å². The number of aromatic amines is 1. The van der Waals surface area contributed by atoms with Crippen LogP contribution in [0.15, 0.2) is 17.6 Å². The topological polar surface area (TPSA) is 52.5 Å². The van der Waals surface area contributed by atoms with E-state index < -0.39 is 0 Å². The van der Waals surface area contributed by atoms with Gasteiger partial charge in [-0.1, -0.05) is 11.8 Å². The molecule has 0 aliphatic heterocycles. The van der Waals surface area contributed by atoms with Crippen LogP contribution in [0.4, 0.5) is 0 Å². The Kier molecular flexibility index (Phi) is 2.99. The summed E-state index contributed by atoms with van der Waals surface area (Å²) in [5, 5.41) is 9.35. The molecule has 0 aliphatic rings. The molecule has 1 aromatic heterocycles. The van der Waals surface area contributed by atoms with Crippen LogP contribution in [-0.4, -0.2) is 15.7 Å². The molecule has 0 saturated carbocycles. The van der Waals surface area contributed by atoms with Crippen molar-refractivity contribution in [3.63, 3.8) is 0 Å². The van der Waals surface area contributed by atoms with Gasteiger partial charge in [0.05, 0.1) is 12.0 Å². The summed E-state index contributed by atoms with van der Waals surface area (Å²) < 4.78 is 0. The predicted octanol–water partition coefficient (Wildman–Crippen LogP) is 1.66. The number of rotatable bonds is 3. The van der Waals surface area contributed by atoms with E-state index in [4.69, 9.17) is 5.26 Å². The SMILES string of the molecule is CC(C#N)CSc1ncc[nH]1. The van der Waals surface area contributed by atoms with E-state index in [1.54, 1.807) is 24.2 Å². The molecule has 0 bridgehead atoms. The molecule has 1 aromatic rings. The lowest BCUT2D eigenvalue weighted by Gasteiger charge is -1.97. The zero-order valence-electron chi connectivity index (χ0n) is 6.24. The van der Waals surface area contributed by atoms with Crippen LogP contribution in [0, 0.1) is 17.2 Å². The lowest BCUT2D eigenvalue weighted by atomic mass is 10.3. The van der Waals surface area contributed by atoms with Crippen molar-refractivity contribution in [3.05, 3.63) is 12.4 Å². The molecule has 0 spiro atoms. The summed E-state index contributed by atoms with van der Waals surface area (Å²) in [6.07, 6.45) is 3.48. The third kappa shape index (κ3) is 2.64. The Bertz CT molecular complexity index is 237. The first-order valence-corrected chi connectivity index (χ1v) is 4.33. The number of thioether (sulfide) groups is 1. The van der Waals surface area contributed by atoms with Gasteiger partial charge in [-0.3, -0.25) is 0 Å². The van der Waals surface area contributed by atoms with Crippen molar-refractivity contribution >= 4 is 11.8 Å². The van der Waals surface area contributed by atoms with Gasteiger partial charge in [-0.15, -0.1) is 0 Å². The second-order valence-electron chi connectivity index (χ2n) is 2.24. The van der Waals surface area contributed by atoms with Gasteiger partial charge in [0, 0.05) is 18.1 Å². The van der Waals surface area contributed by atoms with Crippen molar-refractivity contribution in [2.75, 3.05) is 5.75 Å². The van der Waals surface area contributed by atoms with Gasteiger partial charge < -0.3 is 4.98 Å². The molecule has 0 aromatic carbocycles. The maximum absolute atomic E-state index is 8.47. The van der Waals surface area contributed by atoms with Crippen LogP contribution in [0.3, 0.4) is 0 Å². The van der Waals surface area contributed by atoms with E-state index in [1.807, 2.05) is 6.92 Å². The summed E-state index contributed by atoms with van der Waals surface area (Å²) in [6.45, 7) is 1.90. The zero-order valence-corrected chi connectivity index (χ0v) is 7.06. The van der Waals surface area contributed by atoms with Crippen molar-refractivity contribution < 1.29 is 0 Å². The normalized spacial score (nSPS) is 12.4. The van der Waals surface area contributed by atoms with E-state index >= 15 is 0 Å². The Morgan fingerprint density at radius 1 is 1.91 bits per heavy atom. The van der Waals surface area contributed by atoms with Crippen molar-refractivity contribution in [2.45, 2.75) is 12.1 Å². The quantitative estimate of drug-likeness (QED) is 0.696. The Labute approximate surface area is 69.8 Å². The standard InChI is InChI=1S/C7H9N3S/c1-6(4-8)5-11-7-9-2-3-10-7/h2-3,6H,5H2,1H3,(H,9,10). The van der Waals surface area contributed by atoms with Crippen LogP contribution in [-0.2, 0) is 0 Å². The van der Waals surface area contributed by atoms with Gasteiger partial charge in [-0.2, -0.15) is 5.26 Å². The number of H-pyrrole nitrogens is 1. The molecular weight excluding hydrogens is 158 g/mol. The lowest BCUT2D eigenvalue weighted by molar-refractivity contribution is 0.860. The molecule has 0 aliphatic carbocycles. The van der Waals surface area contributed by atoms with Gasteiger partial charge in [0.1, 0.15) is 0 Å². The highest BCUT2D eigenvalue weighted by atomic mass is 32.2. The van der Waals surface area contributed by atoms with Crippen LogP contribution in [0.25, 0.3) is 0 Å². The highest BCUT2D eigenvalue weighted by Crippen LogP contribution is 2.14. The van der Waals surface area contributed by atoms with Crippen molar-refractivity contribution in [2.24, 2.45) is 5.92 Å². The minimum Gasteiger partial charge on any atom is -0.340 e. The lowest BCUT2D eigenvalue weighted by Crippen LogP contribution is -1.93. The average molecular weight is 167 g/mol. The smallest absolute Gasteiger partial charge is 0.165 e. The summed E-state index contributed by atoms with van der Waals surface area (Å²) in [4.78, 5) is 6.98. The van der Waals surface area contributed by atoms with Gasteiger partial charge >= 0.3 is 0 Å². The minimum absolute atomic E-state index is 0.0881. The molecule has 0 radical (unpaired) electrons. The maximum Gasteiger partial charge on any atom is 0.165 e. The average Bonchev–Trinajstić information content (AvgIpc) is 2.52. The molecule has 1 heterocycles. The van der Waals surface area contributed by atoms with Crippen LogP contribution >= 0.6 is 11.8 Å². The molecule has 3 nitrogen and oxygen atoms in total. The predicted molar refractivity (Wildman–Crippen MR) is 44.1 cm³/mol. The zero-order chi connectivity index (χ0) is 8.10. The van der Waals surface area contributed by atoms with E-state index in [1.165, 1.54) is 0 Å². The number of imidazole rings is 1. The molecule has 1 atom stereocenters. The molecule has 4 heteroatoms. The first kappa shape index (κ1) is 8.15. The summed E-state index contributed by atoms with van der Waals surface area (Å²) in [5.41, 5.74) is 0. The maximum atomic E-state index is 8.47. The van der Waals surface area contributed by atoms with E-state index in [2.05, 4.69) is 16.0 Å². The van der Waals surface area contributed by atoms with E-state index in [9.17, 15) is 0 Å². The molecule has 1 N–H and O–H groups in total. The number of nitrogens with zero attached hydrogens (tertiary/aromatic N) is 2. The molecule has 11 heavy (non-hydrogen) atoms. The number of nitrogens with one attached hydrogen (secondary N) is 1. The second-order valence-corrected chi connectivity index (χ2v) is 3.24. The van der Waals surface area contributed by atoms with Crippen LogP contribution < -0.4 is 0 Å². The van der Waals surface area contributed by atoms with Crippen LogP contribution in [0.5, 0.6) is 0 Å². The van der Waals surface area contributed by atoms with E-state index in [0.29, 0.717) is 0 Å². The molecule has 58 valence electrons. The van der Waals surface area contributed by atoms with Crippen molar-refractivity contribution in [1.29, 1.82) is 5.26 Å². The van der Waals surface area contributed by atoms with E-state index in [0.717, 1.165) is 10.9 Å². The number of hydrogen-bond acceptors (Lipinski definition) is 3. The summed E-state index contributed by atoms with van der Waals surface area (Å²) >= 11 is 1.57. The summed E-state index contributed by atoms with van der Waals surface area (Å²) in [7, 11) is 0. The molecular formula is C7H9N3S. The monoisotopic (exact) mass is 167 g/mol. The highest BCUT2D eigenvalue weighted by molar-refractivity contribution is 7.99. The van der Waals surface area contributed by atoms with E-state index in [-0.39, 0.29) is 5.92 Å². The van der Waals surface area contributed by atoms with Gasteiger partial charge in [-0.25, -0.2) is 4.98 Å².